The number of imide groups is 1. The van der Waals surface area contributed by atoms with Gasteiger partial charge >= 0.3 is 0 Å². The lowest BCUT2D eigenvalue weighted by Gasteiger charge is -2.25. The second-order valence-corrected chi connectivity index (χ2v) is 8.83. The minimum absolute atomic E-state index is 0.285. The molecule has 2 aliphatic heterocycles. The maximum absolute atomic E-state index is 13.9. The summed E-state index contributed by atoms with van der Waals surface area (Å²) in [6.07, 6.45) is 2.40. The SMILES string of the molecule is CCN(C1=C(c2ccc(C)cc2)C(=O)N(c2ccc(N3CCCC3)cc2)C1=O)c1ccccc1. The minimum atomic E-state index is -0.291. The van der Waals surface area contributed by atoms with Gasteiger partial charge in [0.05, 0.1) is 11.3 Å². The highest BCUT2D eigenvalue weighted by molar-refractivity contribution is 6.46. The van der Waals surface area contributed by atoms with Gasteiger partial charge in [-0.2, -0.15) is 0 Å². The van der Waals surface area contributed by atoms with Crippen LogP contribution in [0.4, 0.5) is 17.1 Å². The van der Waals surface area contributed by atoms with Crippen molar-refractivity contribution in [3.05, 3.63) is 95.7 Å². The molecule has 5 rings (SSSR count). The van der Waals surface area contributed by atoms with Gasteiger partial charge in [0.2, 0.25) is 0 Å². The second kappa shape index (κ2) is 9.18. The van der Waals surface area contributed by atoms with E-state index in [1.54, 1.807) is 0 Å². The lowest BCUT2D eigenvalue weighted by Crippen LogP contribution is -2.35. The van der Waals surface area contributed by atoms with Crippen LogP contribution in [0.3, 0.4) is 0 Å². The Morgan fingerprint density at radius 2 is 1.38 bits per heavy atom. The van der Waals surface area contributed by atoms with Crippen molar-refractivity contribution >= 4 is 34.4 Å². The van der Waals surface area contributed by atoms with Crippen molar-refractivity contribution in [2.75, 3.05) is 34.3 Å². The highest BCUT2D eigenvalue weighted by Gasteiger charge is 2.42. The smallest absolute Gasteiger partial charge is 0.282 e. The third kappa shape index (κ3) is 3.87. The highest BCUT2D eigenvalue weighted by Crippen LogP contribution is 2.37. The number of hydrogen-bond acceptors (Lipinski definition) is 4. The molecule has 5 nitrogen and oxygen atoms in total. The van der Waals surface area contributed by atoms with Crippen molar-refractivity contribution in [3.63, 3.8) is 0 Å². The Bertz CT molecular complexity index is 1220. The van der Waals surface area contributed by atoms with Crippen LogP contribution in [0.25, 0.3) is 5.57 Å². The van der Waals surface area contributed by atoms with E-state index in [1.165, 1.54) is 17.7 Å². The van der Waals surface area contributed by atoms with Gasteiger partial charge in [0.1, 0.15) is 5.70 Å². The van der Waals surface area contributed by atoms with E-state index in [4.69, 9.17) is 0 Å². The number of aryl methyl sites for hydroxylation is 1. The first-order valence-electron chi connectivity index (χ1n) is 12.0. The van der Waals surface area contributed by atoms with E-state index in [9.17, 15) is 9.59 Å². The first-order chi connectivity index (χ1) is 16.6. The summed E-state index contributed by atoms with van der Waals surface area (Å²) in [5, 5.41) is 0. The molecule has 3 aromatic rings. The molecule has 34 heavy (non-hydrogen) atoms. The van der Waals surface area contributed by atoms with Crippen LogP contribution in [0.2, 0.25) is 0 Å². The molecule has 1 fully saturated rings. The molecule has 0 aromatic heterocycles. The molecule has 2 amide bonds. The van der Waals surface area contributed by atoms with Crippen LogP contribution in [0.15, 0.2) is 84.6 Å². The molecule has 2 aliphatic rings. The summed E-state index contributed by atoms with van der Waals surface area (Å²) in [4.78, 5) is 33.3. The van der Waals surface area contributed by atoms with E-state index >= 15 is 0 Å². The van der Waals surface area contributed by atoms with E-state index < -0.39 is 0 Å². The van der Waals surface area contributed by atoms with E-state index in [-0.39, 0.29) is 11.8 Å². The number of benzene rings is 3. The molecule has 0 radical (unpaired) electrons. The number of anilines is 3. The van der Waals surface area contributed by atoms with Gasteiger partial charge < -0.3 is 9.80 Å². The van der Waals surface area contributed by atoms with Gasteiger partial charge in [0.25, 0.3) is 11.8 Å². The zero-order valence-corrected chi connectivity index (χ0v) is 19.7. The Labute approximate surface area is 200 Å². The van der Waals surface area contributed by atoms with Crippen molar-refractivity contribution in [2.24, 2.45) is 0 Å². The lowest BCUT2D eigenvalue weighted by atomic mass is 10.0. The molecule has 2 heterocycles. The molecule has 0 unspecified atom stereocenters. The first kappa shape index (κ1) is 22.0. The van der Waals surface area contributed by atoms with Crippen molar-refractivity contribution in [3.8, 4) is 0 Å². The monoisotopic (exact) mass is 451 g/mol. The summed E-state index contributed by atoms with van der Waals surface area (Å²) in [5.41, 5.74) is 5.34. The molecule has 0 spiro atoms. The fourth-order valence-electron chi connectivity index (χ4n) is 4.85. The number of carbonyl (C=O) groups is 2. The Hall–Kier alpha value is -3.86. The fourth-order valence-corrected chi connectivity index (χ4v) is 4.85. The van der Waals surface area contributed by atoms with Crippen LogP contribution in [-0.2, 0) is 9.59 Å². The minimum Gasteiger partial charge on any atom is -0.372 e. The Kier molecular flexibility index (Phi) is 5.93. The predicted octanol–water partition coefficient (Wildman–Crippen LogP) is 5.41. The maximum atomic E-state index is 13.9. The molecule has 0 saturated carbocycles. The average Bonchev–Trinajstić information content (AvgIpc) is 3.49. The number of hydrogen-bond donors (Lipinski definition) is 0. The quantitative estimate of drug-likeness (QED) is 0.470. The number of likely N-dealkylation sites (N-methyl/N-ethyl adjacent to an activating group) is 1. The number of nitrogens with zero attached hydrogens (tertiary/aromatic N) is 3. The molecule has 3 aromatic carbocycles. The summed E-state index contributed by atoms with van der Waals surface area (Å²) in [6, 6.07) is 25.4. The van der Waals surface area contributed by atoms with E-state index in [1.807, 2.05) is 97.6 Å². The molecule has 0 aliphatic carbocycles. The molecule has 0 atom stereocenters. The van der Waals surface area contributed by atoms with Crippen LogP contribution in [0.5, 0.6) is 0 Å². The zero-order chi connectivity index (χ0) is 23.7. The standard InChI is InChI=1S/C29H29N3O2/c1-3-31(24-9-5-4-6-10-24)27-26(22-13-11-21(2)12-14-22)28(33)32(29(27)34)25-17-15-23(16-18-25)30-19-7-8-20-30/h4-6,9-18H,3,7-8,19-20H2,1-2H3. The van der Waals surface area contributed by atoms with Crippen LogP contribution in [0, 0.1) is 6.92 Å². The summed E-state index contributed by atoms with van der Waals surface area (Å²) < 4.78 is 0. The average molecular weight is 452 g/mol. The fraction of sp³-hybridized carbons (Fsp3) is 0.241. The van der Waals surface area contributed by atoms with E-state index in [2.05, 4.69) is 4.90 Å². The molecule has 0 N–H and O–H groups in total. The van der Waals surface area contributed by atoms with Gasteiger partial charge in [-0.25, -0.2) is 4.90 Å². The molecule has 1 saturated heterocycles. The topological polar surface area (TPSA) is 43.9 Å². The molecule has 5 heteroatoms. The molecule has 0 bridgehead atoms. The van der Waals surface area contributed by atoms with Crippen LogP contribution >= 0.6 is 0 Å². The van der Waals surface area contributed by atoms with E-state index in [0.29, 0.717) is 23.5 Å². The lowest BCUT2D eigenvalue weighted by molar-refractivity contribution is -0.120. The van der Waals surface area contributed by atoms with Crippen LogP contribution < -0.4 is 14.7 Å². The van der Waals surface area contributed by atoms with Crippen molar-refractivity contribution in [1.82, 2.24) is 0 Å². The van der Waals surface area contributed by atoms with Crippen molar-refractivity contribution in [1.29, 1.82) is 0 Å². The van der Waals surface area contributed by atoms with Gasteiger partial charge in [-0.05, 0) is 68.7 Å². The normalized spacial score (nSPS) is 16.1. The first-order valence-corrected chi connectivity index (χ1v) is 12.0. The summed E-state index contributed by atoms with van der Waals surface area (Å²) >= 11 is 0. The molecular weight excluding hydrogens is 422 g/mol. The third-order valence-electron chi connectivity index (χ3n) is 6.63. The van der Waals surface area contributed by atoms with Crippen LogP contribution in [-0.4, -0.2) is 31.4 Å². The van der Waals surface area contributed by atoms with E-state index in [0.717, 1.165) is 35.6 Å². The molecule has 172 valence electrons. The number of rotatable bonds is 6. The highest BCUT2D eigenvalue weighted by atomic mass is 16.2. The number of amides is 2. The summed E-state index contributed by atoms with van der Waals surface area (Å²) in [5.74, 6) is -0.577. The molecular formula is C29H29N3O2. The second-order valence-electron chi connectivity index (χ2n) is 8.83. The third-order valence-corrected chi connectivity index (χ3v) is 6.63. The van der Waals surface area contributed by atoms with Crippen molar-refractivity contribution < 1.29 is 9.59 Å². The maximum Gasteiger partial charge on any atom is 0.282 e. The number of para-hydroxylation sites is 1. The van der Waals surface area contributed by atoms with Gasteiger partial charge in [-0.15, -0.1) is 0 Å². The summed E-state index contributed by atoms with van der Waals surface area (Å²) in [6.45, 7) is 6.67. The van der Waals surface area contributed by atoms with Gasteiger partial charge in [-0.1, -0.05) is 48.0 Å². The van der Waals surface area contributed by atoms with Gasteiger partial charge in [-0.3, -0.25) is 9.59 Å². The Morgan fingerprint density at radius 1 is 0.765 bits per heavy atom. The Morgan fingerprint density at radius 3 is 2.00 bits per heavy atom. The summed E-state index contributed by atoms with van der Waals surface area (Å²) in [7, 11) is 0. The number of carbonyl (C=O) groups excluding carboxylic acids is 2. The van der Waals surface area contributed by atoms with Crippen molar-refractivity contribution in [2.45, 2.75) is 26.7 Å². The largest absolute Gasteiger partial charge is 0.372 e. The van der Waals surface area contributed by atoms with Gasteiger partial charge in [0, 0.05) is 31.0 Å². The van der Waals surface area contributed by atoms with Gasteiger partial charge in [0.15, 0.2) is 0 Å². The van der Waals surface area contributed by atoms with Crippen LogP contribution in [0.1, 0.15) is 30.9 Å². The zero-order valence-electron chi connectivity index (χ0n) is 19.7. The predicted molar refractivity (Wildman–Crippen MR) is 138 cm³/mol. The Balaban J connectivity index is 1.58.